The van der Waals surface area contributed by atoms with Gasteiger partial charge >= 0.3 is 0 Å². The monoisotopic (exact) mass is 264 g/mol. The molecule has 1 spiro atoms. The Labute approximate surface area is 117 Å². The summed E-state index contributed by atoms with van der Waals surface area (Å²) < 4.78 is 0. The summed E-state index contributed by atoms with van der Waals surface area (Å²) in [5.41, 5.74) is -0.124. The summed E-state index contributed by atoms with van der Waals surface area (Å²) in [6.07, 6.45) is 11.1. The fourth-order valence-electron chi connectivity index (χ4n) is 4.06. The predicted octanol–water partition coefficient (Wildman–Crippen LogP) is 3.05. The summed E-state index contributed by atoms with van der Waals surface area (Å²) in [7, 11) is 0. The van der Waals surface area contributed by atoms with Gasteiger partial charge in [0.2, 0.25) is 5.91 Å². The number of hydrogen-bond acceptors (Lipinski definition) is 2. The first kappa shape index (κ1) is 13.4. The lowest BCUT2D eigenvalue weighted by atomic mass is 9.83. The van der Waals surface area contributed by atoms with Gasteiger partial charge in [0.25, 0.3) is 0 Å². The van der Waals surface area contributed by atoms with Gasteiger partial charge in [-0.15, -0.1) is 0 Å². The molecule has 1 aliphatic heterocycles. The summed E-state index contributed by atoms with van der Waals surface area (Å²) >= 11 is 0. The average molecular weight is 264 g/mol. The van der Waals surface area contributed by atoms with Crippen molar-refractivity contribution < 1.29 is 4.79 Å². The van der Waals surface area contributed by atoms with Crippen LogP contribution in [0.1, 0.15) is 71.6 Å². The predicted molar refractivity (Wildman–Crippen MR) is 76.7 cm³/mol. The van der Waals surface area contributed by atoms with E-state index in [-0.39, 0.29) is 5.54 Å². The third kappa shape index (κ3) is 2.31. The zero-order chi connectivity index (χ0) is 13.5. The molecule has 1 N–H and O–H groups in total. The molecule has 0 aromatic rings. The van der Waals surface area contributed by atoms with E-state index >= 15 is 0 Å². The van der Waals surface area contributed by atoms with Crippen LogP contribution in [0, 0.1) is 5.92 Å². The second-order valence-electron chi connectivity index (χ2n) is 6.83. The normalized spacial score (nSPS) is 37.1. The lowest BCUT2D eigenvalue weighted by Gasteiger charge is -2.37. The van der Waals surface area contributed by atoms with Crippen molar-refractivity contribution in [1.82, 2.24) is 10.2 Å². The number of carbonyl (C=O) groups is 1. The van der Waals surface area contributed by atoms with E-state index in [9.17, 15) is 4.79 Å². The molecule has 3 aliphatic rings. The Bertz CT molecular complexity index is 343. The maximum absolute atomic E-state index is 12.7. The number of carbonyl (C=O) groups excluding carboxylic acids is 1. The molecule has 1 heterocycles. The Morgan fingerprint density at radius 1 is 1.21 bits per heavy atom. The fourth-order valence-corrected chi connectivity index (χ4v) is 4.06. The van der Waals surface area contributed by atoms with Gasteiger partial charge < -0.3 is 4.90 Å². The van der Waals surface area contributed by atoms with Crippen molar-refractivity contribution in [3.63, 3.8) is 0 Å². The van der Waals surface area contributed by atoms with Crippen molar-refractivity contribution in [2.24, 2.45) is 5.92 Å². The highest BCUT2D eigenvalue weighted by Crippen LogP contribution is 2.45. The minimum Gasteiger partial charge on any atom is -0.323 e. The van der Waals surface area contributed by atoms with Crippen LogP contribution in [-0.4, -0.2) is 28.6 Å². The SMILES string of the molecule is CCCC1NC2(CC2)C(=O)N1C1CCC(CC)CC1. The summed E-state index contributed by atoms with van der Waals surface area (Å²) in [6, 6.07) is 0.513. The average Bonchev–Trinajstić information content (AvgIpc) is 3.15. The fraction of sp³-hybridized carbons (Fsp3) is 0.938. The van der Waals surface area contributed by atoms with E-state index in [2.05, 4.69) is 24.1 Å². The van der Waals surface area contributed by atoms with Crippen molar-refractivity contribution in [2.45, 2.75) is 89.4 Å². The zero-order valence-corrected chi connectivity index (χ0v) is 12.5. The Balaban J connectivity index is 1.69. The van der Waals surface area contributed by atoms with Gasteiger partial charge in [-0.1, -0.05) is 26.7 Å². The van der Waals surface area contributed by atoms with E-state index in [1.165, 1.54) is 32.1 Å². The minimum absolute atomic E-state index is 0.124. The van der Waals surface area contributed by atoms with Crippen LogP contribution in [0.5, 0.6) is 0 Å². The number of nitrogens with zero attached hydrogens (tertiary/aromatic N) is 1. The topological polar surface area (TPSA) is 32.3 Å². The molecule has 0 radical (unpaired) electrons. The first-order valence-corrected chi connectivity index (χ1v) is 8.30. The molecule has 19 heavy (non-hydrogen) atoms. The Morgan fingerprint density at radius 3 is 2.42 bits per heavy atom. The van der Waals surface area contributed by atoms with E-state index in [1.807, 2.05) is 0 Å². The molecule has 3 fully saturated rings. The Morgan fingerprint density at radius 2 is 1.89 bits per heavy atom. The molecule has 1 saturated heterocycles. The molecule has 1 unspecified atom stereocenters. The summed E-state index contributed by atoms with van der Waals surface area (Å²) in [6.45, 7) is 4.52. The molecule has 108 valence electrons. The molecule has 1 atom stereocenters. The highest BCUT2D eigenvalue weighted by Gasteiger charge is 2.59. The summed E-state index contributed by atoms with van der Waals surface area (Å²) in [4.78, 5) is 14.9. The largest absolute Gasteiger partial charge is 0.323 e. The van der Waals surface area contributed by atoms with E-state index in [4.69, 9.17) is 0 Å². The van der Waals surface area contributed by atoms with Crippen LogP contribution in [0.2, 0.25) is 0 Å². The van der Waals surface area contributed by atoms with E-state index < -0.39 is 0 Å². The Kier molecular flexibility index (Phi) is 3.59. The first-order valence-electron chi connectivity index (χ1n) is 8.30. The first-order chi connectivity index (χ1) is 9.20. The van der Waals surface area contributed by atoms with Crippen LogP contribution in [0.3, 0.4) is 0 Å². The van der Waals surface area contributed by atoms with Gasteiger partial charge in [0.05, 0.1) is 11.7 Å². The second kappa shape index (κ2) is 5.08. The molecular formula is C16H28N2O. The van der Waals surface area contributed by atoms with Gasteiger partial charge in [0.1, 0.15) is 0 Å². The molecule has 2 aliphatic carbocycles. The summed E-state index contributed by atoms with van der Waals surface area (Å²) in [5.74, 6) is 1.33. The number of nitrogens with one attached hydrogen (secondary N) is 1. The van der Waals surface area contributed by atoms with Crippen molar-refractivity contribution >= 4 is 5.91 Å². The van der Waals surface area contributed by atoms with Crippen molar-refractivity contribution in [2.75, 3.05) is 0 Å². The van der Waals surface area contributed by atoms with Crippen LogP contribution in [0.15, 0.2) is 0 Å². The third-order valence-electron chi connectivity index (χ3n) is 5.52. The lowest BCUT2D eigenvalue weighted by molar-refractivity contribution is -0.134. The van der Waals surface area contributed by atoms with Crippen molar-refractivity contribution in [1.29, 1.82) is 0 Å². The molecule has 0 bridgehead atoms. The maximum Gasteiger partial charge on any atom is 0.244 e. The highest BCUT2D eigenvalue weighted by atomic mass is 16.2. The Hall–Kier alpha value is -0.570. The number of rotatable bonds is 4. The molecule has 3 nitrogen and oxygen atoms in total. The van der Waals surface area contributed by atoms with Gasteiger partial charge in [0.15, 0.2) is 0 Å². The van der Waals surface area contributed by atoms with Crippen molar-refractivity contribution in [3.8, 4) is 0 Å². The van der Waals surface area contributed by atoms with Gasteiger partial charge in [-0.2, -0.15) is 0 Å². The minimum atomic E-state index is -0.124. The number of hydrogen-bond donors (Lipinski definition) is 1. The van der Waals surface area contributed by atoms with Crippen LogP contribution in [0.25, 0.3) is 0 Å². The molecule has 0 aromatic carbocycles. The molecule has 0 aromatic heterocycles. The van der Waals surface area contributed by atoms with Gasteiger partial charge in [0, 0.05) is 6.04 Å². The molecule has 3 rings (SSSR count). The van der Waals surface area contributed by atoms with Gasteiger partial charge in [-0.25, -0.2) is 0 Å². The zero-order valence-electron chi connectivity index (χ0n) is 12.5. The highest BCUT2D eigenvalue weighted by molar-refractivity contribution is 5.92. The second-order valence-corrected chi connectivity index (χ2v) is 6.83. The van der Waals surface area contributed by atoms with Crippen LogP contribution in [-0.2, 0) is 4.79 Å². The third-order valence-corrected chi connectivity index (χ3v) is 5.52. The van der Waals surface area contributed by atoms with Gasteiger partial charge in [-0.3, -0.25) is 10.1 Å². The molecule has 3 heteroatoms. The van der Waals surface area contributed by atoms with E-state index in [0.717, 1.165) is 31.6 Å². The van der Waals surface area contributed by atoms with Crippen LogP contribution >= 0.6 is 0 Å². The molecule has 2 saturated carbocycles. The summed E-state index contributed by atoms with van der Waals surface area (Å²) in [5, 5.41) is 3.64. The van der Waals surface area contributed by atoms with E-state index in [1.54, 1.807) is 0 Å². The number of amides is 1. The molecular weight excluding hydrogens is 236 g/mol. The smallest absolute Gasteiger partial charge is 0.244 e. The van der Waals surface area contributed by atoms with Crippen LogP contribution in [0.4, 0.5) is 0 Å². The maximum atomic E-state index is 12.7. The van der Waals surface area contributed by atoms with E-state index in [0.29, 0.717) is 18.1 Å². The standard InChI is InChI=1S/C16H28N2O/c1-3-5-14-17-16(10-11-16)15(19)18(14)13-8-6-12(4-2)7-9-13/h12-14,17H,3-11H2,1-2H3. The van der Waals surface area contributed by atoms with Gasteiger partial charge in [-0.05, 0) is 50.9 Å². The lowest BCUT2D eigenvalue weighted by Crippen LogP contribution is -2.46. The quantitative estimate of drug-likeness (QED) is 0.846. The van der Waals surface area contributed by atoms with Crippen molar-refractivity contribution in [3.05, 3.63) is 0 Å². The van der Waals surface area contributed by atoms with Crippen LogP contribution < -0.4 is 5.32 Å². The molecule has 1 amide bonds.